The quantitative estimate of drug-likeness (QED) is 0.785. The average Bonchev–Trinajstić information content (AvgIpc) is 2.85. The van der Waals surface area contributed by atoms with Crippen LogP contribution in [0.3, 0.4) is 0 Å². The van der Waals surface area contributed by atoms with E-state index in [1.807, 2.05) is 0 Å². The zero-order valence-electron chi connectivity index (χ0n) is 11.6. The van der Waals surface area contributed by atoms with Crippen molar-refractivity contribution in [2.24, 2.45) is 5.73 Å². The predicted molar refractivity (Wildman–Crippen MR) is 72.6 cm³/mol. The zero-order valence-corrected chi connectivity index (χ0v) is 11.6. The Hall–Kier alpha value is -0.160. The van der Waals surface area contributed by atoms with Crippen molar-refractivity contribution in [2.45, 2.75) is 50.2 Å². The van der Waals surface area contributed by atoms with Gasteiger partial charge in [0.15, 0.2) is 0 Å². The lowest BCUT2D eigenvalue weighted by atomic mass is 9.85. The van der Waals surface area contributed by atoms with E-state index in [-0.39, 0.29) is 5.54 Å². The number of rotatable bonds is 2. The first-order valence-corrected chi connectivity index (χ1v) is 7.54. The number of fused-ring (bicyclic) bond motifs is 1. The summed E-state index contributed by atoms with van der Waals surface area (Å²) in [7, 11) is 0. The highest BCUT2D eigenvalue weighted by Crippen LogP contribution is 2.34. The molecule has 3 heterocycles. The number of nitrogens with zero attached hydrogens (tertiary/aromatic N) is 2. The highest BCUT2D eigenvalue weighted by Gasteiger charge is 2.44. The van der Waals surface area contributed by atoms with Crippen LogP contribution in [0.4, 0.5) is 0 Å². The monoisotopic (exact) mass is 253 g/mol. The Morgan fingerprint density at radius 1 is 1.28 bits per heavy atom. The first-order valence-electron chi connectivity index (χ1n) is 7.54. The predicted octanol–water partition coefficient (Wildman–Crippen LogP) is 0.663. The van der Waals surface area contributed by atoms with Crippen LogP contribution in [-0.2, 0) is 4.74 Å². The van der Waals surface area contributed by atoms with E-state index in [0.717, 1.165) is 38.6 Å². The van der Waals surface area contributed by atoms with Gasteiger partial charge in [-0.1, -0.05) is 0 Å². The van der Waals surface area contributed by atoms with Crippen LogP contribution in [0.25, 0.3) is 0 Å². The van der Waals surface area contributed by atoms with E-state index in [0.29, 0.717) is 6.04 Å². The molecule has 4 nitrogen and oxygen atoms in total. The van der Waals surface area contributed by atoms with Gasteiger partial charge in [-0.05, 0) is 39.2 Å². The smallest absolute Gasteiger partial charge is 0.0484 e. The summed E-state index contributed by atoms with van der Waals surface area (Å²) >= 11 is 0. The number of piperazine rings is 1. The maximum Gasteiger partial charge on any atom is 0.0484 e. The molecule has 4 heteroatoms. The van der Waals surface area contributed by atoms with E-state index >= 15 is 0 Å². The Labute approximate surface area is 110 Å². The van der Waals surface area contributed by atoms with Gasteiger partial charge in [0.2, 0.25) is 0 Å². The Balaban J connectivity index is 1.76. The van der Waals surface area contributed by atoms with Crippen LogP contribution in [0.1, 0.15) is 32.6 Å². The standard InChI is InChI=1S/C14H27N3O/c1-12-9-16-6-2-3-13(16)10-17(12)14(11-15)4-7-18-8-5-14/h12-13H,2-11,15H2,1H3. The van der Waals surface area contributed by atoms with Crippen LogP contribution in [0, 0.1) is 0 Å². The van der Waals surface area contributed by atoms with Crippen molar-refractivity contribution in [3.63, 3.8) is 0 Å². The third-order valence-electron chi connectivity index (χ3n) is 5.35. The van der Waals surface area contributed by atoms with Gasteiger partial charge in [0, 0.05) is 50.5 Å². The summed E-state index contributed by atoms with van der Waals surface area (Å²) in [6, 6.07) is 1.42. The second kappa shape index (κ2) is 5.08. The van der Waals surface area contributed by atoms with Crippen molar-refractivity contribution >= 4 is 0 Å². The molecule has 3 aliphatic rings. The maximum atomic E-state index is 6.16. The minimum Gasteiger partial charge on any atom is -0.381 e. The van der Waals surface area contributed by atoms with Gasteiger partial charge in [-0.15, -0.1) is 0 Å². The first kappa shape index (κ1) is 12.9. The molecule has 3 fully saturated rings. The Bertz CT molecular complexity index is 291. The Kier molecular flexibility index (Phi) is 3.63. The molecule has 0 aromatic heterocycles. The minimum absolute atomic E-state index is 0.215. The van der Waals surface area contributed by atoms with Gasteiger partial charge in [-0.2, -0.15) is 0 Å². The molecule has 2 N–H and O–H groups in total. The van der Waals surface area contributed by atoms with Crippen LogP contribution >= 0.6 is 0 Å². The third kappa shape index (κ3) is 2.09. The van der Waals surface area contributed by atoms with E-state index in [4.69, 9.17) is 10.5 Å². The third-order valence-corrected chi connectivity index (χ3v) is 5.35. The topological polar surface area (TPSA) is 41.7 Å². The summed E-state index contributed by atoms with van der Waals surface area (Å²) in [5, 5.41) is 0. The van der Waals surface area contributed by atoms with Crippen molar-refractivity contribution in [1.29, 1.82) is 0 Å². The van der Waals surface area contributed by atoms with Gasteiger partial charge < -0.3 is 10.5 Å². The first-order chi connectivity index (χ1) is 8.75. The highest BCUT2D eigenvalue weighted by atomic mass is 16.5. The summed E-state index contributed by atoms with van der Waals surface area (Å²) in [5.74, 6) is 0. The summed E-state index contributed by atoms with van der Waals surface area (Å²) in [6.45, 7) is 8.69. The Morgan fingerprint density at radius 3 is 2.78 bits per heavy atom. The fraction of sp³-hybridized carbons (Fsp3) is 1.00. The molecule has 0 radical (unpaired) electrons. The maximum absolute atomic E-state index is 6.16. The molecule has 3 saturated heterocycles. The van der Waals surface area contributed by atoms with Gasteiger partial charge in [0.05, 0.1) is 0 Å². The molecular weight excluding hydrogens is 226 g/mol. The molecule has 0 aromatic carbocycles. The summed E-state index contributed by atoms with van der Waals surface area (Å²) < 4.78 is 5.55. The van der Waals surface area contributed by atoms with Gasteiger partial charge >= 0.3 is 0 Å². The van der Waals surface area contributed by atoms with E-state index in [1.165, 1.54) is 32.5 Å². The second-order valence-corrected chi connectivity index (χ2v) is 6.33. The highest BCUT2D eigenvalue weighted by molar-refractivity contribution is 5.01. The molecular formula is C14H27N3O. The van der Waals surface area contributed by atoms with E-state index in [9.17, 15) is 0 Å². The molecule has 0 aliphatic carbocycles. The molecule has 0 saturated carbocycles. The van der Waals surface area contributed by atoms with Crippen LogP contribution in [0.5, 0.6) is 0 Å². The number of ether oxygens (including phenoxy) is 1. The van der Waals surface area contributed by atoms with Crippen molar-refractivity contribution in [2.75, 3.05) is 39.4 Å². The largest absolute Gasteiger partial charge is 0.381 e. The molecule has 0 aromatic rings. The molecule has 0 bridgehead atoms. The number of hydrogen-bond donors (Lipinski definition) is 1. The number of nitrogens with two attached hydrogens (primary N) is 1. The molecule has 18 heavy (non-hydrogen) atoms. The van der Waals surface area contributed by atoms with E-state index < -0.39 is 0 Å². The van der Waals surface area contributed by atoms with Crippen LogP contribution in [0.2, 0.25) is 0 Å². The van der Waals surface area contributed by atoms with Gasteiger partial charge in [0.1, 0.15) is 0 Å². The lowest BCUT2D eigenvalue weighted by molar-refractivity contribution is -0.0736. The lowest BCUT2D eigenvalue weighted by Crippen LogP contribution is -2.66. The summed E-state index contributed by atoms with van der Waals surface area (Å²) in [4.78, 5) is 5.41. The van der Waals surface area contributed by atoms with Gasteiger partial charge in [0.25, 0.3) is 0 Å². The normalized spacial score (nSPS) is 37.7. The van der Waals surface area contributed by atoms with E-state index in [1.54, 1.807) is 0 Å². The summed E-state index contributed by atoms with van der Waals surface area (Å²) in [6.07, 6.45) is 4.98. The molecule has 0 spiro atoms. The number of hydrogen-bond acceptors (Lipinski definition) is 4. The molecule has 2 atom stereocenters. The van der Waals surface area contributed by atoms with Crippen molar-refractivity contribution in [3.05, 3.63) is 0 Å². The SMILES string of the molecule is CC1CN2CCCC2CN1C1(CN)CCOCC1. The fourth-order valence-electron chi connectivity index (χ4n) is 4.21. The van der Waals surface area contributed by atoms with Crippen molar-refractivity contribution < 1.29 is 4.74 Å². The molecule has 3 rings (SSSR count). The van der Waals surface area contributed by atoms with Crippen LogP contribution < -0.4 is 5.73 Å². The molecule has 2 unspecified atom stereocenters. The Morgan fingerprint density at radius 2 is 2.06 bits per heavy atom. The molecule has 0 amide bonds. The average molecular weight is 253 g/mol. The van der Waals surface area contributed by atoms with Gasteiger partial charge in [-0.3, -0.25) is 9.80 Å². The van der Waals surface area contributed by atoms with Crippen LogP contribution in [0.15, 0.2) is 0 Å². The summed E-state index contributed by atoms with van der Waals surface area (Å²) in [5.41, 5.74) is 6.37. The van der Waals surface area contributed by atoms with Gasteiger partial charge in [-0.25, -0.2) is 0 Å². The minimum atomic E-state index is 0.215. The van der Waals surface area contributed by atoms with Crippen molar-refractivity contribution in [3.8, 4) is 0 Å². The van der Waals surface area contributed by atoms with Crippen LogP contribution in [-0.4, -0.2) is 66.8 Å². The fourth-order valence-corrected chi connectivity index (χ4v) is 4.21. The zero-order chi connectivity index (χ0) is 12.6. The molecule has 3 aliphatic heterocycles. The second-order valence-electron chi connectivity index (χ2n) is 6.33. The lowest BCUT2D eigenvalue weighted by Gasteiger charge is -2.53. The molecule has 104 valence electrons. The van der Waals surface area contributed by atoms with Crippen molar-refractivity contribution in [1.82, 2.24) is 9.80 Å². The van der Waals surface area contributed by atoms with E-state index in [2.05, 4.69) is 16.7 Å².